The van der Waals surface area contributed by atoms with Crippen molar-refractivity contribution < 1.29 is 19.0 Å². The van der Waals surface area contributed by atoms with Gasteiger partial charge in [0.1, 0.15) is 0 Å². The van der Waals surface area contributed by atoms with Gasteiger partial charge in [0.2, 0.25) is 0 Å². The molecule has 2 amide bonds. The van der Waals surface area contributed by atoms with Crippen molar-refractivity contribution in [3.8, 4) is 5.75 Å². The van der Waals surface area contributed by atoms with Gasteiger partial charge >= 0.3 is 6.03 Å². The lowest BCUT2D eigenvalue weighted by molar-refractivity contribution is 0.0537. The number of aromatic nitrogens is 1. The number of phenolic OH excluding ortho intramolecular Hbond substituents is 1. The quantitative estimate of drug-likeness (QED) is 0.498. The minimum atomic E-state index is -0.735. The van der Waals surface area contributed by atoms with Crippen LogP contribution in [0.2, 0.25) is 0 Å². The van der Waals surface area contributed by atoms with Crippen molar-refractivity contribution in [2.24, 2.45) is 4.99 Å². The first-order valence-electron chi connectivity index (χ1n) is 10.9. The lowest BCUT2D eigenvalue weighted by Crippen LogP contribution is -2.36. The number of nitrogens with one attached hydrogen (secondary N) is 2. The first kappa shape index (κ1) is 25.3. The van der Waals surface area contributed by atoms with Gasteiger partial charge in [-0.25, -0.2) is 14.2 Å². The van der Waals surface area contributed by atoms with Crippen LogP contribution < -0.4 is 15.4 Å². The Morgan fingerprint density at radius 1 is 1.35 bits per heavy atom. The lowest BCUT2D eigenvalue weighted by atomic mass is 10.1. The van der Waals surface area contributed by atoms with E-state index in [4.69, 9.17) is 4.74 Å². The normalized spacial score (nSPS) is 15.4. The fraction of sp³-hybridized carbons (Fsp3) is 0.333. The van der Waals surface area contributed by atoms with Gasteiger partial charge in [0.05, 0.1) is 24.6 Å². The Bertz CT molecular complexity index is 1150. The van der Waals surface area contributed by atoms with Crippen LogP contribution >= 0.6 is 11.3 Å². The van der Waals surface area contributed by atoms with Crippen molar-refractivity contribution in [1.82, 2.24) is 20.1 Å². The molecule has 1 aliphatic heterocycles. The third-order valence-corrected chi connectivity index (χ3v) is 6.19. The van der Waals surface area contributed by atoms with Crippen LogP contribution in [0.3, 0.4) is 0 Å². The predicted octanol–water partition coefficient (Wildman–Crippen LogP) is 3.36. The minimum Gasteiger partial charge on any atom is -0.505 e. The molecule has 0 unspecified atom stereocenters. The van der Waals surface area contributed by atoms with E-state index in [1.807, 2.05) is 16.0 Å². The van der Waals surface area contributed by atoms with Gasteiger partial charge in [-0.05, 0) is 30.7 Å². The van der Waals surface area contributed by atoms with E-state index in [2.05, 4.69) is 40.1 Å². The van der Waals surface area contributed by atoms with Crippen molar-refractivity contribution >= 4 is 28.6 Å². The molecular weight excluding hydrogens is 457 g/mol. The SMILES string of the molecule is C=C/C(=C\C=C(/C)N1CCOCC1)c1csc(=Nc2ccc(O)c(F)c2)n1CCNC(=O)NC. The molecule has 1 fully saturated rings. The number of halogens is 1. The van der Waals surface area contributed by atoms with Crippen LogP contribution in [-0.4, -0.2) is 60.5 Å². The van der Waals surface area contributed by atoms with E-state index in [9.17, 15) is 14.3 Å². The summed E-state index contributed by atoms with van der Waals surface area (Å²) in [6.07, 6.45) is 5.84. The molecule has 0 saturated carbocycles. The molecule has 1 aromatic carbocycles. The van der Waals surface area contributed by atoms with Crippen LogP contribution in [0.4, 0.5) is 14.9 Å². The number of morpholine rings is 1. The molecule has 1 saturated heterocycles. The Labute approximate surface area is 202 Å². The van der Waals surface area contributed by atoms with E-state index in [0.717, 1.165) is 43.3 Å². The molecule has 8 nitrogen and oxygen atoms in total. The first-order chi connectivity index (χ1) is 16.4. The van der Waals surface area contributed by atoms with Gasteiger partial charge in [0, 0.05) is 50.4 Å². The highest BCUT2D eigenvalue weighted by molar-refractivity contribution is 7.07. The maximum atomic E-state index is 13.8. The Morgan fingerprint density at radius 2 is 2.12 bits per heavy atom. The van der Waals surface area contributed by atoms with Crippen molar-refractivity contribution in [2.75, 3.05) is 39.9 Å². The minimum absolute atomic E-state index is 0.278. The zero-order chi connectivity index (χ0) is 24.5. The van der Waals surface area contributed by atoms with E-state index in [1.54, 1.807) is 19.2 Å². The predicted molar refractivity (Wildman–Crippen MR) is 132 cm³/mol. The van der Waals surface area contributed by atoms with Crippen molar-refractivity contribution in [3.05, 3.63) is 70.4 Å². The number of hydrogen-bond donors (Lipinski definition) is 3. The number of aromatic hydroxyl groups is 1. The second-order valence-corrected chi connectivity index (χ2v) is 8.38. The fourth-order valence-electron chi connectivity index (χ4n) is 3.40. The van der Waals surface area contributed by atoms with Crippen LogP contribution in [0.1, 0.15) is 12.6 Å². The smallest absolute Gasteiger partial charge is 0.314 e. The number of hydrogen-bond acceptors (Lipinski definition) is 6. The number of carbonyl (C=O) groups is 1. The summed E-state index contributed by atoms with van der Waals surface area (Å²) in [5.74, 6) is -1.16. The molecule has 0 spiro atoms. The van der Waals surface area contributed by atoms with Crippen molar-refractivity contribution in [1.29, 1.82) is 0 Å². The Morgan fingerprint density at radius 3 is 2.79 bits per heavy atom. The third kappa shape index (κ3) is 6.58. The molecule has 3 N–H and O–H groups in total. The second kappa shape index (κ2) is 12.2. The standard InChI is InChI=1S/C24H30FN5O3S/c1-4-18(6-5-17(2)29-11-13-33-14-12-29)21-16-34-24(30(21)10-9-27-23(32)26-3)28-19-7-8-22(31)20(25)15-19/h4-8,15-16,31H,1,9-14H2,2-3H3,(H2,26,27,32)/b17-5+,18-6+,28-24?. The molecule has 0 atom stereocenters. The van der Waals surface area contributed by atoms with Crippen LogP contribution in [0.25, 0.3) is 5.57 Å². The number of allylic oxidation sites excluding steroid dienone is 5. The average Bonchev–Trinajstić information content (AvgIpc) is 3.24. The molecular formula is C24H30FN5O3S. The van der Waals surface area contributed by atoms with Crippen LogP contribution in [0.15, 0.2) is 59.1 Å². The molecule has 10 heteroatoms. The summed E-state index contributed by atoms with van der Waals surface area (Å²) in [5.41, 5.74) is 3.28. The number of carbonyl (C=O) groups excluding carboxylic acids is 1. The topological polar surface area (TPSA) is 91.1 Å². The molecule has 2 aromatic rings. The zero-order valence-corrected chi connectivity index (χ0v) is 20.2. The number of amides is 2. The molecule has 0 radical (unpaired) electrons. The molecule has 1 aromatic heterocycles. The Kier molecular flexibility index (Phi) is 9.06. The van der Waals surface area contributed by atoms with Crippen LogP contribution in [0.5, 0.6) is 5.75 Å². The van der Waals surface area contributed by atoms with Gasteiger partial charge in [-0.1, -0.05) is 18.7 Å². The van der Waals surface area contributed by atoms with E-state index in [1.165, 1.54) is 23.5 Å². The summed E-state index contributed by atoms with van der Waals surface area (Å²) in [4.78, 5) is 19.1. The largest absolute Gasteiger partial charge is 0.505 e. The van der Waals surface area contributed by atoms with Gasteiger partial charge < -0.3 is 29.9 Å². The highest BCUT2D eigenvalue weighted by Crippen LogP contribution is 2.22. The van der Waals surface area contributed by atoms with Crippen LogP contribution in [0, 0.1) is 5.82 Å². The number of urea groups is 1. The maximum absolute atomic E-state index is 13.8. The molecule has 0 aliphatic carbocycles. The van der Waals surface area contributed by atoms with E-state index < -0.39 is 11.6 Å². The monoisotopic (exact) mass is 487 g/mol. The Balaban J connectivity index is 1.97. The fourth-order valence-corrected chi connectivity index (χ4v) is 4.36. The molecule has 2 heterocycles. The number of benzene rings is 1. The van der Waals surface area contributed by atoms with Gasteiger partial charge in [-0.15, -0.1) is 11.3 Å². The van der Waals surface area contributed by atoms with E-state index in [0.29, 0.717) is 23.6 Å². The zero-order valence-electron chi connectivity index (χ0n) is 19.4. The lowest BCUT2D eigenvalue weighted by Gasteiger charge is -2.29. The van der Waals surface area contributed by atoms with Crippen molar-refractivity contribution in [3.63, 3.8) is 0 Å². The van der Waals surface area contributed by atoms with Gasteiger partial charge in [-0.2, -0.15) is 0 Å². The molecule has 1 aliphatic rings. The van der Waals surface area contributed by atoms with Gasteiger partial charge in [0.15, 0.2) is 16.4 Å². The molecule has 182 valence electrons. The number of nitrogens with zero attached hydrogens (tertiary/aromatic N) is 3. The van der Waals surface area contributed by atoms with E-state index in [-0.39, 0.29) is 6.03 Å². The highest BCUT2D eigenvalue weighted by atomic mass is 32.1. The van der Waals surface area contributed by atoms with Gasteiger partial charge in [-0.3, -0.25) is 0 Å². The summed E-state index contributed by atoms with van der Waals surface area (Å²) in [6.45, 7) is 10.0. The number of ether oxygens (including phenoxy) is 1. The maximum Gasteiger partial charge on any atom is 0.314 e. The molecule has 3 rings (SSSR count). The van der Waals surface area contributed by atoms with E-state index >= 15 is 0 Å². The number of thiazole rings is 1. The summed E-state index contributed by atoms with van der Waals surface area (Å²) in [7, 11) is 1.56. The summed E-state index contributed by atoms with van der Waals surface area (Å²) in [6, 6.07) is 3.72. The molecule has 34 heavy (non-hydrogen) atoms. The van der Waals surface area contributed by atoms with Gasteiger partial charge in [0.25, 0.3) is 0 Å². The van der Waals surface area contributed by atoms with Crippen LogP contribution in [-0.2, 0) is 11.3 Å². The van der Waals surface area contributed by atoms with Crippen molar-refractivity contribution in [2.45, 2.75) is 13.5 Å². The number of rotatable bonds is 8. The molecule has 0 bridgehead atoms. The summed E-state index contributed by atoms with van der Waals surface area (Å²) >= 11 is 1.40. The highest BCUT2D eigenvalue weighted by Gasteiger charge is 2.12. The second-order valence-electron chi connectivity index (χ2n) is 7.54. The summed E-state index contributed by atoms with van der Waals surface area (Å²) in [5, 5.41) is 16.7. The average molecular weight is 488 g/mol. The Hall–Kier alpha value is -3.37. The first-order valence-corrected chi connectivity index (χ1v) is 11.8. The third-order valence-electron chi connectivity index (χ3n) is 5.33. The summed E-state index contributed by atoms with van der Waals surface area (Å²) < 4.78 is 21.2. The number of phenols is 1.